The normalized spacial score (nSPS) is 18.8. The summed E-state index contributed by atoms with van der Waals surface area (Å²) in [4.78, 5) is 7.36. The molecule has 0 spiro atoms. The molecule has 0 radical (unpaired) electrons. The third kappa shape index (κ3) is 2.21. The molecule has 1 fully saturated rings. The van der Waals surface area contributed by atoms with Crippen molar-refractivity contribution in [2.75, 3.05) is 18.5 Å². The molecule has 0 bridgehead atoms. The van der Waals surface area contributed by atoms with Gasteiger partial charge in [-0.1, -0.05) is 0 Å². The van der Waals surface area contributed by atoms with Crippen LogP contribution in [0.1, 0.15) is 18.5 Å². The smallest absolute Gasteiger partial charge is 0.200 e. The lowest BCUT2D eigenvalue weighted by atomic mass is 10.1. The minimum absolute atomic E-state index is 0.513. The van der Waals surface area contributed by atoms with Crippen molar-refractivity contribution in [1.29, 1.82) is 0 Å². The van der Waals surface area contributed by atoms with Gasteiger partial charge in [-0.3, -0.25) is 0 Å². The minimum Gasteiger partial charge on any atom is -0.381 e. The van der Waals surface area contributed by atoms with Crippen LogP contribution in [0.25, 0.3) is 0 Å². The zero-order valence-electron chi connectivity index (χ0n) is 7.84. The van der Waals surface area contributed by atoms with E-state index in [2.05, 4.69) is 15.3 Å². The SMILES string of the molecule is Cc1cnc(NC2CCOCC2)[nH]1. The molecule has 1 aliphatic rings. The molecule has 1 saturated heterocycles. The summed E-state index contributed by atoms with van der Waals surface area (Å²) in [7, 11) is 0. The molecule has 4 heteroatoms. The summed E-state index contributed by atoms with van der Waals surface area (Å²) in [5.74, 6) is 0.879. The highest BCUT2D eigenvalue weighted by Crippen LogP contribution is 2.11. The second-order valence-electron chi connectivity index (χ2n) is 3.45. The summed E-state index contributed by atoms with van der Waals surface area (Å²) in [6.45, 7) is 3.72. The van der Waals surface area contributed by atoms with Crippen molar-refractivity contribution in [2.24, 2.45) is 0 Å². The maximum atomic E-state index is 5.27. The Morgan fingerprint density at radius 3 is 2.92 bits per heavy atom. The Balaban J connectivity index is 1.89. The van der Waals surface area contributed by atoms with Crippen molar-refractivity contribution in [2.45, 2.75) is 25.8 Å². The van der Waals surface area contributed by atoms with E-state index in [1.807, 2.05) is 13.1 Å². The van der Waals surface area contributed by atoms with Gasteiger partial charge in [0.2, 0.25) is 5.95 Å². The lowest BCUT2D eigenvalue weighted by Crippen LogP contribution is -2.28. The molecule has 1 aliphatic heterocycles. The molecule has 0 saturated carbocycles. The summed E-state index contributed by atoms with van der Waals surface area (Å²) in [5, 5.41) is 3.36. The van der Waals surface area contributed by atoms with Gasteiger partial charge in [-0.15, -0.1) is 0 Å². The molecule has 2 heterocycles. The van der Waals surface area contributed by atoms with Crippen LogP contribution in [0.4, 0.5) is 5.95 Å². The molecule has 2 N–H and O–H groups in total. The van der Waals surface area contributed by atoms with E-state index in [1.165, 1.54) is 0 Å². The molecule has 0 aliphatic carbocycles. The predicted molar refractivity (Wildman–Crippen MR) is 50.8 cm³/mol. The minimum atomic E-state index is 0.513. The van der Waals surface area contributed by atoms with Gasteiger partial charge in [0.25, 0.3) is 0 Å². The molecule has 0 unspecified atom stereocenters. The fraction of sp³-hybridized carbons (Fsp3) is 0.667. The average molecular weight is 181 g/mol. The maximum absolute atomic E-state index is 5.27. The molecule has 2 rings (SSSR count). The molecule has 4 nitrogen and oxygen atoms in total. The number of aromatic nitrogens is 2. The van der Waals surface area contributed by atoms with Gasteiger partial charge in [-0.05, 0) is 19.8 Å². The van der Waals surface area contributed by atoms with Crippen LogP contribution in [0.15, 0.2) is 6.20 Å². The molecule has 13 heavy (non-hydrogen) atoms. The highest BCUT2D eigenvalue weighted by Gasteiger charge is 2.13. The van der Waals surface area contributed by atoms with Crippen molar-refractivity contribution < 1.29 is 4.74 Å². The van der Waals surface area contributed by atoms with Crippen LogP contribution in [-0.4, -0.2) is 29.2 Å². The van der Waals surface area contributed by atoms with E-state index in [9.17, 15) is 0 Å². The van der Waals surface area contributed by atoms with Crippen LogP contribution in [0.2, 0.25) is 0 Å². The Bertz CT molecular complexity index is 266. The number of nitrogens with zero attached hydrogens (tertiary/aromatic N) is 1. The predicted octanol–water partition coefficient (Wildman–Crippen LogP) is 1.31. The van der Waals surface area contributed by atoms with Crippen LogP contribution in [0.5, 0.6) is 0 Å². The third-order valence-corrected chi connectivity index (χ3v) is 2.27. The van der Waals surface area contributed by atoms with Gasteiger partial charge in [0.05, 0.1) is 0 Å². The number of anilines is 1. The first-order valence-electron chi connectivity index (χ1n) is 4.70. The van der Waals surface area contributed by atoms with Crippen molar-refractivity contribution in [1.82, 2.24) is 9.97 Å². The molecule has 0 aromatic carbocycles. The highest BCUT2D eigenvalue weighted by atomic mass is 16.5. The number of aromatic amines is 1. The van der Waals surface area contributed by atoms with Gasteiger partial charge in [-0.2, -0.15) is 0 Å². The van der Waals surface area contributed by atoms with E-state index < -0.39 is 0 Å². The standard InChI is InChI=1S/C9H15N3O/c1-7-6-10-9(11-7)12-8-2-4-13-5-3-8/h6,8H,2-5H2,1H3,(H2,10,11,12). The van der Waals surface area contributed by atoms with Gasteiger partial charge in [0.15, 0.2) is 0 Å². The summed E-state index contributed by atoms with van der Waals surface area (Å²) in [5.41, 5.74) is 1.09. The number of hydrogen-bond donors (Lipinski definition) is 2. The van der Waals surface area contributed by atoms with Crippen molar-refractivity contribution in [3.8, 4) is 0 Å². The van der Waals surface area contributed by atoms with E-state index in [4.69, 9.17) is 4.74 Å². The first-order valence-corrected chi connectivity index (χ1v) is 4.70. The quantitative estimate of drug-likeness (QED) is 0.723. The Labute approximate surface area is 77.7 Å². The van der Waals surface area contributed by atoms with E-state index in [0.717, 1.165) is 37.7 Å². The topological polar surface area (TPSA) is 49.9 Å². The van der Waals surface area contributed by atoms with Crippen LogP contribution in [0, 0.1) is 6.92 Å². The van der Waals surface area contributed by atoms with Crippen molar-refractivity contribution >= 4 is 5.95 Å². The highest BCUT2D eigenvalue weighted by molar-refractivity contribution is 5.27. The number of aryl methyl sites for hydroxylation is 1. The zero-order valence-corrected chi connectivity index (χ0v) is 7.84. The largest absolute Gasteiger partial charge is 0.381 e. The molecule has 0 amide bonds. The Hall–Kier alpha value is -1.03. The van der Waals surface area contributed by atoms with E-state index >= 15 is 0 Å². The van der Waals surface area contributed by atoms with Gasteiger partial charge >= 0.3 is 0 Å². The summed E-state index contributed by atoms with van der Waals surface area (Å²) >= 11 is 0. The van der Waals surface area contributed by atoms with E-state index in [-0.39, 0.29) is 0 Å². The van der Waals surface area contributed by atoms with Crippen LogP contribution < -0.4 is 5.32 Å². The van der Waals surface area contributed by atoms with E-state index in [0.29, 0.717) is 6.04 Å². The fourth-order valence-electron chi connectivity index (χ4n) is 1.52. The van der Waals surface area contributed by atoms with E-state index in [1.54, 1.807) is 0 Å². The Morgan fingerprint density at radius 2 is 2.31 bits per heavy atom. The number of hydrogen-bond acceptors (Lipinski definition) is 3. The summed E-state index contributed by atoms with van der Waals surface area (Å²) in [6.07, 6.45) is 3.97. The van der Waals surface area contributed by atoms with Gasteiger partial charge in [0, 0.05) is 31.1 Å². The lowest BCUT2D eigenvalue weighted by molar-refractivity contribution is 0.0903. The summed E-state index contributed by atoms with van der Waals surface area (Å²) < 4.78 is 5.27. The molecule has 72 valence electrons. The summed E-state index contributed by atoms with van der Waals surface area (Å²) in [6, 6.07) is 0.513. The lowest BCUT2D eigenvalue weighted by Gasteiger charge is -2.22. The average Bonchev–Trinajstić information content (AvgIpc) is 2.53. The van der Waals surface area contributed by atoms with Crippen LogP contribution in [0.3, 0.4) is 0 Å². The van der Waals surface area contributed by atoms with Crippen molar-refractivity contribution in [3.63, 3.8) is 0 Å². The van der Waals surface area contributed by atoms with Crippen molar-refractivity contribution in [3.05, 3.63) is 11.9 Å². The van der Waals surface area contributed by atoms with Gasteiger partial charge in [0.1, 0.15) is 0 Å². The molecular weight excluding hydrogens is 166 g/mol. The number of imidazole rings is 1. The maximum Gasteiger partial charge on any atom is 0.200 e. The zero-order chi connectivity index (χ0) is 9.10. The van der Waals surface area contributed by atoms with Gasteiger partial charge < -0.3 is 15.0 Å². The van der Waals surface area contributed by atoms with Crippen LogP contribution in [-0.2, 0) is 4.74 Å². The number of H-pyrrole nitrogens is 1. The third-order valence-electron chi connectivity index (χ3n) is 2.27. The molecule has 0 atom stereocenters. The van der Waals surface area contributed by atoms with Gasteiger partial charge in [-0.25, -0.2) is 4.98 Å². The monoisotopic (exact) mass is 181 g/mol. The first-order chi connectivity index (χ1) is 6.34. The second kappa shape index (κ2) is 3.79. The number of rotatable bonds is 2. The molecule has 1 aromatic heterocycles. The Morgan fingerprint density at radius 1 is 1.54 bits per heavy atom. The number of ether oxygens (including phenoxy) is 1. The fourth-order valence-corrected chi connectivity index (χ4v) is 1.52. The second-order valence-corrected chi connectivity index (χ2v) is 3.45. The molecular formula is C9H15N3O. The molecule has 1 aromatic rings. The Kier molecular flexibility index (Phi) is 2.49. The first kappa shape index (κ1) is 8.56. The van der Waals surface area contributed by atoms with Crippen LogP contribution >= 0.6 is 0 Å². The number of nitrogens with one attached hydrogen (secondary N) is 2.